The third-order valence-corrected chi connectivity index (χ3v) is 3.18. The van der Waals surface area contributed by atoms with Crippen LogP contribution in [-0.4, -0.2) is 20.1 Å². The van der Waals surface area contributed by atoms with E-state index in [-0.39, 0.29) is 5.82 Å². The van der Waals surface area contributed by atoms with E-state index in [1.165, 1.54) is 16.9 Å². The van der Waals surface area contributed by atoms with Crippen LogP contribution in [0.2, 0.25) is 0 Å². The molecule has 106 valence electrons. The van der Waals surface area contributed by atoms with Crippen molar-refractivity contribution in [3.8, 4) is 5.69 Å². The first-order valence-corrected chi connectivity index (χ1v) is 6.62. The van der Waals surface area contributed by atoms with Gasteiger partial charge in [-0.1, -0.05) is 30.3 Å². The summed E-state index contributed by atoms with van der Waals surface area (Å²) >= 11 is 0. The maximum Gasteiger partial charge on any atom is 0.123 e. The highest BCUT2D eigenvalue weighted by Crippen LogP contribution is 2.17. The zero-order valence-electron chi connectivity index (χ0n) is 11.2. The highest BCUT2D eigenvalue weighted by atomic mass is 19.1. The van der Waals surface area contributed by atoms with E-state index in [1.807, 2.05) is 30.3 Å². The van der Waals surface area contributed by atoms with Crippen LogP contribution in [0, 0.1) is 5.82 Å². The van der Waals surface area contributed by atoms with Crippen molar-refractivity contribution in [1.82, 2.24) is 15.0 Å². The van der Waals surface area contributed by atoms with Gasteiger partial charge in [0.2, 0.25) is 0 Å². The summed E-state index contributed by atoms with van der Waals surface area (Å²) in [5.41, 5.74) is 2.17. The standard InChI is InChI=1S/C16H14FN3O/c17-13-8-6-12(7-9-13)10-16(21)15-11-18-20(19-15)14-4-2-1-3-5-14/h1-9,11,16,21H,10H2. The van der Waals surface area contributed by atoms with Crippen molar-refractivity contribution in [3.63, 3.8) is 0 Å². The number of aliphatic hydroxyl groups excluding tert-OH is 1. The van der Waals surface area contributed by atoms with Crippen molar-refractivity contribution in [2.75, 3.05) is 0 Å². The molecule has 0 aliphatic rings. The van der Waals surface area contributed by atoms with Crippen LogP contribution in [0.4, 0.5) is 4.39 Å². The zero-order chi connectivity index (χ0) is 14.7. The molecule has 4 nitrogen and oxygen atoms in total. The van der Waals surface area contributed by atoms with E-state index in [0.717, 1.165) is 11.3 Å². The number of aliphatic hydroxyl groups is 1. The summed E-state index contributed by atoms with van der Waals surface area (Å²) in [5.74, 6) is -0.289. The summed E-state index contributed by atoms with van der Waals surface area (Å²) < 4.78 is 12.8. The Balaban J connectivity index is 1.75. The summed E-state index contributed by atoms with van der Waals surface area (Å²) in [6.45, 7) is 0. The van der Waals surface area contributed by atoms with Crippen molar-refractivity contribution in [2.24, 2.45) is 0 Å². The molecule has 1 aromatic heterocycles. The number of halogens is 1. The molecule has 3 rings (SSSR count). The predicted octanol–water partition coefficient (Wildman–Crippen LogP) is 2.68. The molecule has 0 spiro atoms. The Hall–Kier alpha value is -2.53. The monoisotopic (exact) mass is 283 g/mol. The number of hydrogen-bond donors (Lipinski definition) is 1. The fourth-order valence-electron chi connectivity index (χ4n) is 2.06. The van der Waals surface area contributed by atoms with E-state index in [4.69, 9.17) is 0 Å². The van der Waals surface area contributed by atoms with Gasteiger partial charge < -0.3 is 5.11 Å². The molecule has 0 fully saturated rings. The fourth-order valence-corrected chi connectivity index (χ4v) is 2.06. The molecule has 0 aliphatic heterocycles. The number of nitrogens with zero attached hydrogens (tertiary/aromatic N) is 3. The highest BCUT2D eigenvalue weighted by molar-refractivity contribution is 5.28. The van der Waals surface area contributed by atoms with Gasteiger partial charge in [0.1, 0.15) is 17.6 Å². The molecule has 5 heteroatoms. The number of rotatable bonds is 4. The first kappa shape index (κ1) is 13.5. The Morgan fingerprint density at radius 2 is 1.76 bits per heavy atom. The van der Waals surface area contributed by atoms with E-state index < -0.39 is 6.10 Å². The molecule has 1 heterocycles. The van der Waals surface area contributed by atoms with Crippen LogP contribution < -0.4 is 0 Å². The van der Waals surface area contributed by atoms with Crippen LogP contribution in [-0.2, 0) is 6.42 Å². The van der Waals surface area contributed by atoms with Crippen molar-refractivity contribution < 1.29 is 9.50 Å². The van der Waals surface area contributed by atoms with Crippen molar-refractivity contribution in [2.45, 2.75) is 12.5 Å². The van der Waals surface area contributed by atoms with Crippen LogP contribution in [0.1, 0.15) is 17.4 Å². The lowest BCUT2D eigenvalue weighted by molar-refractivity contribution is 0.173. The molecule has 0 saturated carbocycles. The Kier molecular flexibility index (Phi) is 3.75. The quantitative estimate of drug-likeness (QED) is 0.801. The van der Waals surface area contributed by atoms with Crippen LogP contribution in [0.25, 0.3) is 5.69 Å². The Bertz CT molecular complexity index is 710. The molecule has 2 aromatic carbocycles. The van der Waals surface area contributed by atoms with Gasteiger partial charge in [0.25, 0.3) is 0 Å². The Morgan fingerprint density at radius 3 is 2.48 bits per heavy atom. The largest absolute Gasteiger partial charge is 0.386 e. The zero-order valence-corrected chi connectivity index (χ0v) is 11.2. The van der Waals surface area contributed by atoms with E-state index in [0.29, 0.717) is 12.1 Å². The molecule has 3 aromatic rings. The Labute approximate surface area is 121 Å². The fraction of sp³-hybridized carbons (Fsp3) is 0.125. The number of aromatic nitrogens is 3. The van der Waals surface area contributed by atoms with Crippen molar-refractivity contribution in [3.05, 3.63) is 77.9 Å². The lowest BCUT2D eigenvalue weighted by Gasteiger charge is -2.07. The number of benzene rings is 2. The molecule has 1 unspecified atom stereocenters. The molecule has 0 amide bonds. The molecule has 0 bridgehead atoms. The summed E-state index contributed by atoms with van der Waals surface area (Å²) in [6.07, 6.45) is 1.14. The first-order chi connectivity index (χ1) is 10.2. The van der Waals surface area contributed by atoms with Gasteiger partial charge in [-0.2, -0.15) is 15.0 Å². The minimum atomic E-state index is -0.770. The smallest absolute Gasteiger partial charge is 0.123 e. The van der Waals surface area contributed by atoms with E-state index in [9.17, 15) is 9.50 Å². The molecular formula is C16H14FN3O. The van der Waals surface area contributed by atoms with Gasteiger partial charge in [-0.15, -0.1) is 0 Å². The Morgan fingerprint density at radius 1 is 1.05 bits per heavy atom. The van der Waals surface area contributed by atoms with Gasteiger partial charge in [-0.25, -0.2) is 4.39 Å². The summed E-state index contributed by atoms with van der Waals surface area (Å²) in [4.78, 5) is 1.48. The third kappa shape index (κ3) is 3.14. The number of para-hydroxylation sites is 1. The molecule has 1 N–H and O–H groups in total. The van der Waals surface area contributed by atoms with Crippen LogP contribution in [0.3, 0.4) is 0 Å². The van der Waals surface area contributed by atoms with E-state index >= 15 is 0 Å². The molecule has 0 aliphatic carbocycles. The molecular weight excluding hydrogens is 269 g/mol. The summed E-state index contributed by atoms with van der Waals surface area (Å²) in [6, 6.07) is 15.5. The van der Waals surface area contributed by atoms with Crippen LogP contribution >= 0.6 is 0 Å². The van der Waals surface area contributed by atoms with E-state index in [2.05, 4.69) is 10.2 Å². The molecule has 1 atom stereocenters. The van der Waals surface area contributed by atoms with Gasteiger partial charge in [0.05, 0.1) is 11.9 Å². The van der Waals surface area contributed by atoms with Crippen LogP contribution in [0.5, 0.6) is 0 Å². The van der Waals surface area contributed by atoms with Gasteiger partial charge in [0, 0.05) is 6.42 Å². The topological polar surface area (TPSA) is 50.9 Å². The minimum absolute atomic E-state index is 0.289. The summed E-state index contributed by atoms with van der Waals surface area (Å²) in [5, 5.41) is 18.6. The minimum Gasteiger partial charge on any atom is -0.386 e. The summed E-state index contributed by atoms with van der Waals surface area (Å²) in [7, 11) is 0. The average molecular weight is 283 g/mol. The molecule has 21 heavy (non-hydrogen) atoms. The first-order valence-electron chi connectivity index (χ1n) is 6.62. The maximum absolute atomic E-state index is 12.8. The lowest BCUT2D eigenvalue weighted by Crippen LogP contribution is -2.04. The second-order valence-electron chi connectivity index (χ2n) is 4.74. The van der Waals surface area contributed by atoms with Gasteiger partial charge >= 0.3 is 0 Å². The maximum atomic E-state index is 12.8. The highest BCUT2D eigenvalue weighted by Gasteiger charge is 2.13. The van der Waals surface area contributed by atoms with Crippen molar-refractivity contribution in [1.29, 1.82) is 0 Å². The third-order valence-electron chi connectivity index (χ3n) is 3.18. The average Bonchev–Trinajstić information content (AvgIpc) is 3.00. The SMILES string of the molecule is OC(Cc1ccc(F)cc1)c1cnn(-c2ccccc2)n1. The van der Waals surface area contributed by atoms with Crippen LogP contribution in [0.15, 0.2) is 60.8 Å². The second kappa shape index (κ2) is 5.85. The van der Waals surface area contributed by atoms with Crippen molar-refractivity contribution >= 4 is 0 Å². The van der Waals surface area contributed by atoms with Gasteiger partial charge in [-0.3, -0.25) is 0 Å². The predicted molar refractivity (Wildman–Crippen MR) is 76.4 cm³/mol. The normalized spacial score (nSPS) is 12.3. The van der Waals surface area contributed by atoms with E-state index in [1.54, 1.807) is 18.3 Å². The van der Waals surface area contributed by atoms with Gasteiger partial charge in [0.15, 0.2) is 0 Å². The number of hydrogen-bond acceptors (Lipinski definition) is 3. The van der Waals surface area contributed by atoms with Gasteiger partial charge in [-0.05, 0) is 29.8 Å². The molecule has 0 radical (unpaired) electrons. The second-order valence-corrected chi connectivity index (χ2v) is 4.74. The lowest BCUT2D eigenvalue weighted by atomic mass is 10.1. The molecule has 0 saturated heterocycles.